The standard InChI is InChI=1S/C6H8N2O3/c9-3-1-2-6-7-5(4-10)8-11-6/h4,9H,1-3H2. The lowest BCUT2D eigenvalue weighted by Crippen LogP contribution is -1.89. The number of aliphatic hydroxyl groups excluding tert-OH is 1. The summed E-state index contributed by atoms with van der Waals surface area (Å²) in [7, 11) is 0. The number of hydrogen-bond acceptors (Lipinski definition) is 5. The van der Waals surface area contributed by atoms with E-state index in [1.54, 1.807) is 0 Å². The number of carbonyl (C=O) groups is 1. The molecule has 5 heteroatoms. The summed E-state index contributed by atoms with van der Waals surface area (Å²) in [6, 6.07) is 0. The van der Waals surface area contributed by atoms with E-state index in [0.717, 1.165) is 0 Å². The van der Waals surface area contributed by atoms with Crippen molar-refractivity contribution < 1.29 is 14.4 Å². The van der Waals surface area contributed by atoms with Crippen LogP contribution in [0.4, 0.5) is 0 Å². The Kier molecular flexibility index (Phi) is 2.74. The van der Waals surface area contributed by atoms with Crippen molar-refractivity contribution in [2.75, 3.05) is 6.61 Å². The molecule has 0 aliphatic rings. The molecule has 0 radical (unpaired) electrons. The van der Waals surface area contributed by atoms with Crippen LogP contribution < -0.4 is 0 Å². The fourth-order valence-electron chi connectivity index (χ4n) is 0.648. The molecule has 11 heavy (non-hydrogen) atoms. The maximum absolute atomic E-state index is 10.1. The van der Waals surface area contributed by atoms with E-state index in [1.165, 1.54) is 0 Å². The first-order chi connectivity index (χ1) is 5.36. The second-order valence-electron chi connectivity index (χ2n) is 1.99. The fraction of sp³-hybridized carbons (Fsp3) is 0.500. The first-order valence-electron chi connectivity index (χ1n) is 3.25. The van der Waals surface area contributed by atoms with Crippen LogP contribution in [-0.4, -0.2) is 28.1 Å². The second-order valence-corrected chi connectivity index (χ2v) is 1.99. The van der Waals surface area contributed by atoms with Crippen LogP contribution in [0.1, 0.15) is 22.9 Å². The largest absolute Gasteiger partial charge is 0.396 e. The third-order valence-corrected chi connectivity index (χ3v) is 1.14. The van der Waals surface area contributed by atoms with Gasteiger partial charge in [0.2, 0.25) is 11.7 Å². The molecule has 60 valence electrons. The summed E-state index contributed by atoms with van der Waals surface area (Å²) in [5, 5.41) is 11.8. The molecule has 1 heterocycles. The summed E-state index contributed by atoms with van der Waals surface area (Å²) < 4.78 is 4.65. The number of aldehydes is 1. The van der Waals surface area contributed by atoms with Gasteiger partial charge >= 0.3 is 0 Å². The van der Waals surface area contributed by atoms with Crippen LogP contribution in [0.15, 0.2) is 4.52 Å². The van der Waals surface area contributed by atoms with Crippen molar-refractivity contribution in [3.63, 3.8) is 0 Å². The Labute approximate surface area is 63.0 Å². The summed E-state index contributed by atoms with van der Waals surface area (Å²) in [5.41, 5.74) is 0. The van der Waals surface area contributed by atoms with Gasteiger partial charge in [0.25, 0.3) is 0 Å². The Morgan fingerprint density at radius 2 is 2.45 bits per heavy atom. The molecule has 0 aromatic carbocycles. The number of rotatable bonds is 4. The van der Waals surface area contributed by atoms with E-state index in [1.807, 2.05) is 0 Å². The van der Waals surface area contributed by atoms with Crippen molar-refractivity contribution in [1.82, 2.24) is 10.1 Å². The van der Waals surface area contributed by atoms with E-state index < -0.39 is 0 Å². The molecule has 0 unspecified atom stereocenters. The highest BCUT2D eigenvalue weighted by molar-refractivity contribution is 5.68. The van der Waals surface area contributed by atoms with E-state index in [9.17, 15) is 4.79 Å². The number of aromatic nitrogens is 2. The molecular formula is C6H8N2O3. The van der Waals surface area contributed by atoms with Crippen LogP contribution in [0.2, 0.25) is 0 Å². The predicted molar refractivity (Wildman–Crippen MR) is 35.1 cm³/mol. The van der Waals surface area contributed by atoms with Crippen molar-refractivity contribution in [3.05, 3.63) is 11.7 Å². The average molecular weight is 156 g/mol. The third-order valence-electron chi connectivity index (χ3n) is 1.14. The van der Waals surface area contributed by atoms with Gasteiger partial charge in [0, 0.05) is 13.0 Å². The maximum atomic E-state index is 10.1. The van der Waals surface area contributed by atoms with Gasteiger partial charge in [-0.1, -0.05) is 5.16 Å². The predicted octanol–water partition coefficient (Wildman–Crippen LogP) is -0.193. The average Bonchev–Trinajstić information content (AvgIpc) is 2.48. The lowest BCUT2D eigenvalue weighted by atomic mass is 10.3. The second kappa shape index (κ2) is 3.82. The van der Waals surface area contributed by atoms with Crippen LogP contribution in [0.25, 0.3) is 0 Å². The molecule has 0 saturated heterocycles. The molecule has 1 N–H and O–H groups in total. The van der Waals surface area contributed by atoms with Crippen LogP contribution >= 0.6 is 0 Å². The highest BCUT2D eigenvalue weighted by atomic mass is 16.5. The van der Waals surface area contributed by atoms with Gasteiger partial charge in [-0.05, 0) is 6.42 Å². The van der Waals surface area contributed by atoms with E-state index >= 15 is 0 Å². The van der Waals surface area contributed by atoms with E-state index in [-0.39, 0.29) is 12.4 Å². The molecule has 1 rings (SSSR count). The first-order valence-corrected chi connectivity index (χ1v) is 3.25. The Bertz CT molecular complexity index is 233. The van der Waals surface area contributed by atoms with Crippen LogP contribution in [0, 0.1) is 0 Å². The normalized spacial score (nSPS) is 9.91. The minimum Gasteiger partial charge on any atom is -0.396 e. The van der Waals surface area contributed by atoms with Crippen LogP contribution in [0.5, 0.6) is 0 Å². The van der Waals surface area contributed by atoms with Crippen molar-refractivity contribution in [2.45, 2.75) is 12.8 Å². The summed E-state index contributed by atoms with van der Waals surface area (Å²) in [5.74, 6) is 0.444. The van der Waals surface area contributed by atoms with Crippen molar-refractivity contribution in [3.8, 4) is 0 Å². The van der Waals surface area contributed by atoms with E-state index in [2.05, 4.69) is 14.7 Å². The van der Waals surface area contributed by atoms with Gasteiger partial charge in [-0.15, -0.1) is 0 Å². The first kappa shape index (κ1) is 7.87. The molecule has 0 aliphatic heterocycles. The number of aryl methyl sites for hydroxylation is 1. The molecule has 1 aromatic rings. The summed E-state index contributed by atoms with van der Waals surface area (Å²) in [4.78, 5) is 13.8. The van der Waals surface area contributed by atoms with Crippen molar-refractivity contribution in [2.24, 2.45) is 0 Å². The maximum Gasteiger partial charge on any atom is 0.235 e. The Balaban J connectivity index is 2.51. The smallest absolute Gasteiger partial charge is 0.235 e. The molecular weight excluding hydrogens is 148 g/mol. The number of aliphatic hydroxyl groups is 1. The SMILES string of the molecule is O=Cc1noc(CCCO)n1. The minimum atomic E-state index is 0.0536. The summed E-state index contributed by atoms with van der Waals surface area (Å²) >= 11 is 0. The number of carbonyl (C=O) groups excluding carboxylic acids is 1. The molecule has 0 aliphatic carbocycles. The minimum absolute atomic E-state index is 0.0536. The Morgan fingerprint density at radius 3 is 3.00 bits per heavy atom. The van der Waals surface area contributed by atoms with Gasteiger partial charge in [0.05, 0.1) is 0 Å². The van der Waals surface area contributed by atoms with Crippen LogP contribution in [0.3, 0.4) is 0 Å². The molecule has 5 nitrogen and oxygen atoms in total. The van der Waals surface area contributed by atoms with Gasteiger partial charge in [0.15, 0.2) is 6.29 Å². The monoisotopic (exact) mass is 156 g/mol. The number of nitrogens with zero attached hydrogens (tertiary/aromatic N) is 2. The summed E-state index contributed by atoms with van der Waals surface area (Å²) in [6.45, 7) is 0.0821. The molecule has 0 saturated carbocycles. The molecule has 1 aromatic heterocycles. The summed E-state index contributed by atoms with van der Waals surface area (Å²) in [6.07, 6.45) is 1.60. The van der Waals surface area contributed by atoms with E-state index in [0.29, 0.717) is 25.0 Å². The van der Waals surface area contributed by atoms with Gasteiger partial charge in [-0.3, -0.25) is 4.79 Å². The highest BCUT2D eigenvalue weighted by Crippen LogP contribution is 1.98. The lowest BCUT2D eigenvalue weighted by Gasteiger charge is -1.86. The van der Waals surface area contributed by atoms with Crippen molar-refractivity contribution >= 4 is 6.29 Å². The third kappa shape index (κ3) is 2.12. The highest BCUT2D eigenvalue weighted by Gasteiger charge is 2.02. The molecule has 0 bridgehead atoms. The molecule has 0 atom stereocenters. The van der Waals surface area contributed by atoms with Gasteiger partial charge in [-0.25, -0.2) is 0 Å². The molecule has 0 spiro atoms. The Hall–Kier alpha value is -1.23. The Morgan fingerprint density at radius 1 is 1.64 bits per heavy atom. The molecule has 0 fully saturated rings. The molecule has 0 amide bonds. The van der Waals surface area contributed by atoms with Crippen LogP contribution in [-0.2, 0) is 6.42 Å². The lowest BCUT2D eigenvalue weighted by molar-refractivity contribution is 0.111. The quantitative estimate of drug-likeness (QED) is 0.611. The van der Waals surface area contributed by atoms with Gasteiger partial charge in [0.1, 0.15) is 0 Å². The number of hydrogen-bond donors (Lipinski definition) is 1. The topological polar surface area (TPSA) is 76.2 Å². The zero-order valence-electron chi connectivity index (χ0n) is 5.86. The zero-order chi connectivity index (χ0) is 8.10. The van der Waals surface area contributed by atoms with Crippen molar-refractivity contribution in [1.29, 1.82) is 0 Å². The zero-order valence-corrected chi connectivity index (χ0v) is 5.86. The van der Waals surface area contributed by atoms with Gasteiger partial charge < -0.3 is 9.63 Å². The van der Waals surface area contributed by atoms with E-state index in [4.69, 9.17) is 5.11 Å². The van der Waals surface area contributed by atoms with Gasteiger partial charge in [-0.2, -0.15) is 4.98 Å². The fourth-order valence-corrected chi connectivity index (χ4v) is 0.648.